The van der Waals surface area contributed by atoms with Crippen LogP contribution in [0.4, 0.5) is 13.2 Å². The summed E-state index contributed by atoms with van der Waals surface area (Å²) in [5.41, 5.74) is 1.03. The van der Waals surface area contributed by atoms with Gasteiger partial charge < -0.3 is 19.5 Å². The molecular weight excluding hydrogens is 353 g/mol. The summed E-state index contributed by atoms with van der Waals surface area (Å²) in [7, 11) is 0. The van der Waals surface area contributed by atoms with Gasteiger partial charge in [0.05, 0.1) is 11.6 Å². The molecule has 1 aliphatic rings. The molecule has 6 nitrogen and oxygen atoms in total. The van der Waals surface area contributed by atoms with Gasteiger partial charge in [0.25, 0.3) is 5.91 Å². The summed E-state index contributed by atoms with van der Waals surface area (Å²) in [5, 5.41) is 2.78. The molecule has 0 bridgehead atoms. The first-order valence-corrected chi connectivity index (χ1v) is 7.68. The van der Waals surface area contributed by atoms with Crippen molar-refractivity contribution in [3.63, 3.8) is 0 Å². The van der Waals surface area contributed by atoms with Gasteiger partial charge in [-0.15, -0.1) is 0 Å². The minimum Gasteiger partial charge on any atom is -0.468 e. The normalized spacial score (nSPS) is 14.0. The lowest BCUT2D eigenvalue weighted by atomic mass is 10.1. The molecule has 26 heavy (non-hydrogen) atoms. The molecule has 1 aromatic heterocycles. The lowest BCUT2D eigenvalue weighted by Gasteiger charge is -2.15. The molecule has 0 unspecified atom stereocenters. The van der Waals surface area contributed by atoms with Crippen LogP contribution < -0.4 is 19.5 Å². The average molecular weight is 368 g/mol. The van der Waals surface area contributed by atoms with E-state index in [1.54, 1.807) is 19.1 Å². The summed E-state index contributed by atoms with van der Waals surface area (Å²) in [5.74, 6) is 0.634. The molecule has 1 N–H and O–H groups in total. The Morgan fingerprint density at radius 3 is 2.73 bits per heavy atom. The predicted octanol–water partition coefficient (Wildman–Crippen LogP) is 3.24. The van der Waals surface area contributed by atoms with Gasteiger partial charge in [-0.3, -0.25) is 4.79 Å². The number of fused-ring (bicyclic) bond motifs is 1. The van der Waals surface area contributed by atoms with Gasteiger partial charge in [-0.1, -0.05) is 6.07 Å². The predicted molar refractivity (Wildman–Crippen MR) is 84.2 cm³/mol. The highest BCUT2D eigenvalue weighted by Gasteiger charge is 2.28. The summed E-state index contributed by atoms with van der Waals surface area (Å²) in [4.78, 5) is 16.0. The maximum Gasteiger partial charge on any atom is 0.422 e. The number of amides is 1. The molecule has 1 amide bonds. The number of ether oxygens (including phenoxy) is 3. The third kappa shape index (κ3) is 4.35. The maximum absolute atomic E-state index is 12.3. The number of nitrogens with zero attached hydrogens (tertiary/aromatic N) is 1. The van der Waals surface area contributed by atoms with E-state index in [4.69, 9.17) is 9.47 Å². The third-order valence-corrected chi connectivity index (χ3v) is 3.63. The molecule has 0 saturated carbocycles. The third-order valence-electron chi connectivity index (χ3n) is 3.63. The molecular formula is C17H15F3N2O4. The number of benzene rings is 1. The van der Waals surface area contributed by atoms with E-state index in [-0.39, 0.29) is 24.3 Å². The van der Waals surface area contributed by atoms with E-state index in [0.29, 0.717) is 11.5 Å². The Morgan fingerprint density at radius 1 is 1.27 bits per heavy atom. The summed E-state index contributed by atoms with van der Waals surface area (Å²) in [6.07, 6.45) is -3.29. The standard InChI is InChI=1S/C17H15F3N2O4/c1-10(11-2-4-13-14(6-11)26-9-25-13)22-16(23)12-3-5-15(21-7-12)24-8-17(18,19)20/h2-7,10H,8-9H2,1H3,(H,22,23)/t10-/m1/s1. The molecule has 3 rings (SSSR count). The molecule has 0 aliphatic carbocycles. The Bertz CT molecular complexity index is 794. The summed E-state index contributed by atoms with van der Waals surface area (Å²) in [6.45, 7) is 0.518. The Balaban J connectivity index is 1.60. The molecule has 0 saturated heterocycles. The Hall–Kier alpha value is -2.97. The van der Waals surface area contributed by atoms with Crippen molar-refractivity contribution in [1.82, 2.24) is 10.3 Å². The van der Waals surface area contributed by atoms with Crippen molar-refractivity contribution in [3.05, 3.63) is 47.7 Å². The van der Waals surface area contributed by atoms with E-state index in [9.17, 15) is 18.0 Å². The molecule has 1 aliphatic heterocycles. The van der Waals surface area contributed by atoms with Crippen molar-refractivity contribution in [2.45, 2.75) is 19.1 Å². The van der Waals surface area contributed by atoms with Crippen molar-refractivity contribution in [3.8, 4) is 17.4 Å². The van der Waals surface area contributed by atoms with Crippen LogP contribution in [-0.4, -0.2) is 30.5 Å². The molecule has 1 atom stereocenters. The Morgan fingerprint density at radius 2 is 2.04 bits per heavy atom. The fourth-order valence-corrected chi connectivity index (χ4v) is 2.30. The number of alkyl halides is 3. The van der Waals surface area contributed by atoms with E-state index in [1.807, 2.05) is 6.07 Å². The van der Waals surface area contributed by atoms with E-state index >= 15 is 0 Å². The van der Waals surface area contributed by atoms with Crippen LogP contribution in [0.25, 0.3) is 0 Å². The minimum absolute atomic E-state index is 0.161. The van der Waals surface area contributed by atoms with Crippen LogP contribution in [0.15, 0.2) is 36.5 Å². The number of aromatic nitrogens is 1. The van der Waals surface area contributed by atoms with E-state index in [0.717, 1.165) is 11.8 Å². The van der Waals surface area contributed by atoms with Gasteiger partial charge in [0.15, 0.2) is 18.1 Å². The van der Waals surface area contributed by atoms with Crippen molar-refractivity contribution in [2.75, 3.05) is 13.4 Å². The number of halogens is 3. The van der Waals surface area contributed by atoms with Gasteiger partial charge in [-0.2, -0.15) is 13.2 Å². The smallest absolute Gasteiger partial charge is 0.422 e. The van der Waals surface area contributed by atoms with E-state index < -0.39 is 18.7 Å². The van der Waals surface area contributed by atoms with Gasteiger partial charge in [-0.05, 0) is 30.7 Å². The van der Waals surface area contributed by atoms with Gasteiger partial charge in [0.2, 0.25) is 12.7 Å². The van der Waals surface area contributed by atoms with Gasteiger partial charge in [0.1, 0.15) is 0 Å². The SMILES string of the molecule is C[C@@H](NC(=O)c1ccc(OCC(F)(F)F)nc1)c1ccc2c(c1)OCO2. The molecule has 9 heteroatoms. The van der Waals surface area contributed by atoms with Crippen molar-refractivity contribution >= 4 is 5.91 Å². The summed E-state index contributed by atoms with van der Waals surface area (Å²) in [6, 6.07) is 7.59. The van der Waals surface area contributed by atoms with Gasteiger partial charge in [0, 0.05) is 12.3 Å². The number of nitrogens with one attached hydrogen (secondary N) is 1. The molecule has 0 radical (unpaired) electrons. The van der Waals surface area contributed by atoms with Crippen LogP contribution in [0.3, 0.4) is 0 Å². The molecule has 1 aromatic carbocycles. The number of pyridine rings is 1. The van der Waals surface area contributed by atoms with Crippen LogP contribution in [-0.2, 0) is 0 Å². The molecule has 0 spiro atoms. The first kappa shape index (κ1) is 17.8. The fraction of sp³-hybridized carbons (Fsp3) is 0.294. The second-order valence-corrected chi connectivity index (χ2v) is 5.60. The monoisotopic (exact) mass is 368 g/mol. The maximum atomic E-state index is 12.3. The second kappa shape index (κ2) is 7.11. The van der Waals surface area contributed by atoms with Gasteiger partial charge >= 0.3 is 6.18 Å². The quantitative estimate of drug-likeness (QED) is 0.877. The molecule has 0 fully saturated rings. The zero-order valence-electron chi connectivity index (χ0n) is 13.7. The lowest BCUT2D eigenvalue weighted by molar-refractivity contribution is -0.154. The Kier molecular flexibility index (Phi) is 4.88. The first-order valence-electron chi connectivity index (χ1n) is 7.68. The number of rotatable bonds is 5. The summed E-state index contributed by atoms with van der Waals surface area (Å²) < 4.78 is 51.3. The van der Waals surface area contributed by atoms with Crippen molar-refractivity contribution in [2.24, 2.45) is 0 Å². The highest BCUT2D eigenvalue weighted by Crippen LogP contribution is 2.34. The number of carbonyl (C=O) groups excluding carboxylic acids is 1. The zero-order chi connectivity index (χ0) is 18.7. The average Bonchev–Trinajstić information content (AvgIpc) is 3.07. The number of carbonyl (C=O) groups is 1. The fourth-order valence-electron chi connectivity index (χ4n) is 2.30. The Labute approximate surface area is 146 Å². The van der Waals surface area contributed by atoms with E-state index in [2.05, 4.69) is 15.0 Å². The van der Waals surface area contributed by atoms with Crippen LogP contribution in [0.5, 0.6) is 17.4 Å². The highest BCUT2D eigenvalue weighted by atomic mass is 19.4. The largest absolute Gasteiger partial charge is 0.468 e. The minimum atomic E-state index is -4.45. The summed E-state index contributed by atoms with van der Waals surface area (Å²) >= 11 is 0. The molecule has 2 heterocycles. The van der Waals surface area contributed by atoms with Gasteiger partial charge in [-0.25, -0.2) is 4.98 Å². The zero-order valence-corrected chi connectivity index (χ0v) is 13.7. The highest BCUT2D eigenvalue weighted by molar-refractivity contribution is 5.94. The van der Waals surface area contributed by atoms with E-state index in [1.165, 1.54) is 12.1 Å². The molecule has 138 valence electrons. The number of hydrogen-bond acceptors (Lipinski definition) is 5. The van der Waals surface area contributed by atoms with Crippen molar-refractivity contribution < 1.29 is 32.2 Å². The van der Waals surface area contributed by atoms with Crippen LogP contribution in [0.2, 0.25) is 0 Å². The molecule has 2 aromatic rings. The first-order chi connectivity index (χ1) is 12.3. The van der Waals surface area contributed by atoms with Crippen LogP contribution in [0.1, 0.15) is 28.9 Å². The number of hydrogen-bond donors (Lipinski definition) is 1. The lowest BCUT2D eigenvalue weighted by Crippen LogP contribution is -2.26. The van der Waals surface area contributed by atoms with Crippen LogP contribution >= 0.6 is 0 Å². The van der Waals surface area contributed by atoms with Crippen LogP contribution in [0, 0.1) is 0 Å². The topological polar surface area (TPSA) is 69.7 Å². The second-order valence-electron chi connectivity index (χ2n) is 5.60. The van der Waals surface area contributed by atoms with Crippen molar-refractivity contribution in [1.29, 1.82) is 0 Å².